The number of amides is 3. The highest BCUT2D eigenvalue weighted by atomic mass is 19.1. The van der Waals surface area contributed by atoms with E-state index in [-0.39, 0.29) is 24.1 Å². The number of imide groups is 1. The minimum absolute atomic E-state index is 0.206. The van der Waals surface area contributed by atoms with Gasteiger partial charge in [-0.05, 0) is 42.5 Å². The Bertz CT molecular complexity index is 1290. The number of anilines is 1. The van der Waals surface area contributed by atoms with Crippen LogP contribution in [0.5, 0.6) is 0 Å². The number of hydrogen-bond acceptors (Lipinski definition) is 4. The molecular weight excluding hydrogens is 409 g/mol. The Morgan fingerprint density at radius 2 is 1.88 bits per heavy atom. The number of hydrogen-bond donors (Lipinski definition) is 2. The van der Waals surface area contributed by atoms with Crippen LogP contribution in [0.2, 0.25) is 0 Å². The topological polar surface area (TPSA) is 78.5 Å². The van der Waals surface area contributed by atoms with Gasteiger partial charge in [0.15, 0.2) is 0 Å². The van der Waals surface area contributed by atoms with Crippen LogP contribution < -0.4 is 15.5 Å². The molecule has 3 aromatic rings. The van der Waals surface area contributed by atoms with Crippen LogP contribution in [0.3, 0.4) is 0 Å². The van der Waals surface area contributed by atoms with Crippen molar-refractivity contribution in [3.05, 3.63) is 76.6 Å². The number of aryl methyl sites for hydroxylation is 1. The van der Waals surface area contributed by atoms with Crippen LogP contribution in [0, 0.1) is 12.7 Å². The van der Waals surface area contributed by atoms with Crippen LogP contribution in [0.1, 0.15) is 39.9 Å². The Morgan fingerprint density at radius 1 is 1.06 bits per heavy atom. The molecule has 5 rings (SSSR count). The van der Waals surface area contributed by atoms with E-state index < -0.39 is 11.9 Å². The zero-order valence-corrected chi connectivity index (χ0v) is 17.6. The van der Waals surface area contributed by atoms with Gasteiger partial charge in [0.1, 0.15) is 11.9 Å². The van der Waals surface area contributed by atoms with Crippen LogP contribution in [0.15, 0.2) is 48.5 Å². The number of carbonyl (C=O) groups is 3. The molecule has 7 heteroatoms. The fourth-order valence-electron chi connectivity index (χ4n) is 4.63. The van der Waals surface area contributed by atoms with Crippen molar-refractivity contribution in [2.75, 3.05) is 4.90 Å². The van der Waals surface area contributed by atoms with E-state index in [4.69, 9.17) is 0 Å². The maximum absolute atomic E-state index is 14.0. The van der Waals surface area contributed by atoms with Crippen LogP contribution in [-0.4, -0.2) is 23.8 Å². The van der Waals surface area contributed by atoms with E-state index in [0.717, 1.165) is 21.9 Å². The van der Waals surface area contributed by atoms with Crippen LogP contribution in [-0.2, 0) is 22.7 Å². The van der Waals surface area contributed by atoms with Crippen molar-refractivity contribution < 1.29 is 18.8 Å². The maximum Gasteiger partial charge on any atom is 0.259 e. The number of nitrogens with one attached hydrogen (secondary N) is 2. The number of piperidine rings is 1. The van der Waals surface area contributed by atoms with Gasteiger partial charge in [-0.2, -0.15) is 0 Å². The van der Waals surface area contributed by atoms with Gasteiger partial charge in [0.25, 0.3) is 5.91 Å². The van der Waals surface area contributed by atoms with Crippen molar-refractivity contribution in [1.29, 1.82) is 0 Å². The Balaban J connectivity index is 1.44. The van der Waals surface area contributed by atoms with Gasteiger partial charge in [-0.1, -0.05) is 35.9 Å². The third-order valence-electron chi connectivity index (χ3n) is 6.17. The molecule has 6 nitrogen and oxygen atoms in total. The Kier molecular flexibility index (Phi) is 4.98. The van der Waals surface area contributed by atoms with Gasteiger partial charge in [-0.15, -0.1) is 0 Å². The summed E-state index contributed by atoms with van der Waals surface area (Å²) < 4.78 is 14.0. The maximum atomic E-state index is 14.0. The number of nitrogens with zero attached hydrogens (tertiary/aromatic N) is 1. The first-order valence-corrected chi connectivity index (χ1v) is 10.6. The summed E-state index contributed by atoms with van der Waals surface area (Å²) in [7, 11) is 0. The molecule has 2 N–H and O–H groups in total. The van der Waals surface area contributed by atoms with E-state index in [2.05, 4.69) is 10.6 Å². The lowest BCUT2D eigenvalue weighted by atomic mass is 10.00. The minimum Gasteiger partial charge on any atom is -0.308 e. The van der Waals surface area contributed by atoms with Crippen LogP contribution in [0.25, 0.3) is 10.8 Å². The Labute approximate surface area is 184 Å². The molecule has 3 aromatic carbocycles. The Morgan fingerprint density at radius 3 is 2.69 bits per heavy atom. The van der Waals surface area contributed by atoms with E-state index >= 15 is 0 Å². The van der Waals surface area contributed by atoms with Gasteiger partial charge in [-0.3, -0.25) is 24.6 Å². The first-order chi connectivity index (χ1) is 15.4. The molecule has 32 heavy (non-hydrogen) atoms. The van der Waals surface area contributed by atoms with Gasteiger partial charge in [0, 0.05) is 36.0 Å². The molecule has 0 bridgehead atoms. The average Bonchev–Trinajstić information content (AvgIpc) is 3.05. The average molecular weight is 431 g/mol. The fraction of sp³-hybridized carbons (Fsp3) is 0.240. The second kappa shape index (κ2) is 7.84. The molecule has 0 radical (unpaired) electrons. The van der Waals surface area contributed by atoms with Gasteiger partial charge in [0.05, 0.1) is 5.69 Å². The summed E-state index contributed by atoms with van der Waals surface area (Å²) in [4.78, 5) is 38.7. The van der Waals surface area contributed by atoms with Crippen molar-refractivity contribution >= 4 is 34.2 Å². The van der Waals surface area contributed by atoms with Gasteiger partial charge < -0.3 is 5.32 Å². The molecule has 0 saturated carbocycles. The van der Waals surface area contributed by atoms with E-state index in [9.17, 15) is 18.8 Å². The van der Waals surface area contributed by atoms with Gasteiger partial charge >= 0.3 is 0 Å². The van der Waals surface area contributed by atoms with E-state index in [1.807, 2.05) is 37.3 Å². The second-order valence-corrected chi connectivity index (χ2v) is 8.31. The molecule has 1 saturated heterocycles. The summed E-state index contributed by atoms with van der Waals surface area (Å²) in [5.74, 6) is -1.23. The summed E-state index contributed by atoms with van der Waals surface area (Å²) in [5.41, 5.74) is 3.82. The number of halogens is 1. The molecule has 2 aliphatic heterocycles. The monoisotopic (exact) mass is 431 g/mol. The predicted molar refractivity (Wildman–Crippen MR) is 119 cm³/mol. The van der Waals surface area contributed by atoms with Crippen molar-refractivity contribution in [1.82, 2.24) is 10.6 Å². The van der Waals surface area contributed by atoms with Crippen LogP contribution in [0.4, 0.5) is 10.1 Å². The van der Waals surface area contributed by atoms with E-state index in [0.29, 0.717) is 36.3 Å². The highest BCUT2D eigenvalue weighted by molar-refractivity contribution is 6.27. The smallest absolute Gasteiger partial charge is 0.259 e. The van der Waals surface area contributed by atoms with E-state index in [1.165, 1.54) is 11.0 Å². The zero-order valence-electron chi connectivity index (χ0n) is 17.6. The molecule has 1 fully saturated rings. The molecule has 2 heterocycles. The lowest BCUT2D eigenvalue weighted by Gasteiger charge is -2.30. The predicted octanol–water partition coefficient (Wildman–Crippen LogP) is 3.34. The second-order valence-electron chi connectivity index (χ2n) is 8.31. The third kappa shape index (κ3) is 3.35. The summed E-state index contributed by atoms with van der Waals surface area (Å²) in [6, 6.07) is 13.7. The molecule has 1 atom stereocenters. The molecule has 0 aromatic heterocycles. The van der Waals surface area contributed by atoms with Crippen molar-refractivity contribution in [2.24, 2.45) is 0 Å². The van der Waals surface area contributed by atoms with Gasteiger partial charge in [-0.25, -0.2) is 4.39 Å². The summed E-state index contributed by atoms with van der Waals surface area (Å²) in [5, 5.41) is 7.36. The molecular formula is C25H22FN3O3. The number of rotatable bonds is 5. The van der Waals surface area contributed by atoms with Crippen LogP contribution >= 0.6 is 0 Å². The molecule has 3 amide bonds. The summed E-state index contributed by atoms with van der Waals surface area (Å²) in [6.45, 7) is 2.81. The number of carbonyl (C=O) groups excluding carboxylic acids is 3. The first-order valence-electron chi connectivity index (χ1n) is 10.6. The zero-order chi connectivity index (χ0) is 22.4. The van der Waals surface area contributed by atoms with Crippen molar-refractivity contribution in [3.8, 4) is 0 Å². The SMILES string of the molecule is Cc1ccc(F)c(CNCc2ccc3c4c(cccc24)N(C2CCC(=O)NC2=O)C3=O)c1. The lowest BCUT2D eigenvalue weighted by Crippen LogP contribution is -2.53. The quantitative estimate of drug-likeness (QED) is 0.608. The molecule has 2 aliphatic rings. The highest BCUT2D eigenvalue weighted by Crippen LogP contribution is 2.40. The molecule has 1 unspecified atom stereocenters. The van der Waals surface area contributed by atoms with Gasteiger partial charge in [0.2, 0.25) is 11.8 Å². The lowest BCUT2D eigenvalue weighted by molar-refractivity contribution is -0.134. The normalized spacial score (nSPS) is 17.9. The fourth-order valence-corrected chi connectivity index (χ4v) is 4.63. The molecule has 0 aliphatic carbocycles. The van der Waals surface area contributed by atoms with E-state index in [1.54, 1.807) is 12.1 Å². The highest BCUT2D eigenvalue weighted by Gasteiger charge is 2.40. The van der Waals surface area contributed by atoms with Crippen molar-refractivity contribution in [2.45, 2.75) is 38.9 Å². The Hall–Kier alpha value is -3.58. The standard InChI is InChI=1S/C25H22FN3O3/c1-14-5-8-19(26)16(11-14)13-27-12-15-6-7-18-23-17(15)3-2-4-20(23)29(25(18)32)21-9-10-22(30)28-24(21)31/h2-8,11,21,27H,9-10,12-13H2,1H3,(H,28,30,31). The number of benzene rings is 3. The molecule has 162 valence electrons. The summed E-state index contributed by atoms with van der Waals surface area (Å²) in [6.07, 6.45) is 0.508. The first kappa shape index (κ1) is 20.3. The minimum atomic E-state index is -0.705. The molecule has 0 spiro atoms. The van der Waals surface area contributed by atoms with Crippen molar-refractivity contribution in [3.63, 3.8) is 0 Å². The largest absolute Gasteiger partial charge is 0.308 e. The third-order valence-corrected chi connectivity index (χ3v) is 6.17. The summed E-state index contributed by atoms with van der Waals surface area (Å²) >= 11 is 0.